The third-order valence-electron chi connectivity index (χ3n) is 6.21. The minimum atomic E-state index is 0.0895. The van der Waals surface area contributed by atoms with E-state index in [0.717, 1.165) is 56.5 Å². The molecule has 0 N–H and O–H groups in total. The first-order chi connectivity index (χ1) is 12.5. The smallest absolute Gasteiger partial charge is 0.253 e. The van der Waals surface area contributed by atoms with Crippen molar-refractivity contribution in [3.63, 3.8) is 0 Å². The van der Waals surface area contributed by atoms with E-state index in [1.54, 1.807) is 6.33 Å². The van der Waals surface area contributed by atoms with Crippen LogP contribution in [0, 0.1) is 5.41 Å². The number of amides is 2. The Bertz CT molecular complexity index is 849. The summed E-state index contributed by atoms with van der Waals surface area (Å²) in [5.41, 5.74) is 2.80. The molecule has 6 nitrogen and oxygen atoms in total. The molecule has 0 radical (unpaired) electrons. The SMILES string of the molecule is CCN1CC2(CCC1=O)CCN(C(=O)c1ccc3c(c1)ncn3C)CC2. The molecule has 2 aliphatic rings. The van der Waals surface area contributed by atoms with Crippen LogP contribution < -0.4 is 0 Å². The molecule has 1 aromatic carbocycles. The minimum Gasteiger partial charge on any atom is -0.342 e. The number of fused-ring (bicyclic) bond motifs is 1. The molecule has 1 aromatic heterocycles. The van der Waals surface area contributed by atoms with Gasteiger partial charge in [0, 0.05) is 45.2 Å². The van der Waals surface area contributed by atoms with Crippen LogP contribution in [0.2, 0.25) is 0 Å². The molecule has 4 rings (SSSR count). The first kappa shape index (κ1) is 17.1. The van der Waals surface area contributed by atoms with Gasteiger partial charge in [0.25, 0.3) is 5.91 Å². The molecular weight excluding hydrogens is 328 g/mol. The maximum atomic E-state index is 12.9. The predicted octanol–water partition coefficient (Wildman–Crippen LogP) is 2.44. The second-order valence-electron chi connectivity index (χ2n) is 7.76. The van der Waals surface area contributed by atoms with Crippen molar-refractivity contribution in [3.8, 4) is 0 Å². The van der Waals surface area contributed by atoms with Crippen molar-refractivity contribution >= 4 is 22.8 Å². The maximum Gasteiger partial charge on any atom is 0.253 e. The van der Waals surface area contributed by atoms with Gasteiger partial charge in [0.2, 0.25) is 5.91 Å². The topological polar surface area (TPSA) is 58.4 Å². The Kier molecular flexibility index (Phi) is 4.21. The van der Waals surface area contributed by atoms with Crippen molar-refractivity contribution in [3.05, 3.63) is 30.1 Å². The summed E-state index contributed by atoms with van der Waals surface area (Å²) >= 11 is 0. The van der Waals surface area contributed by atoms with Gasteiger partial charge in [-0.15, -0.1) is 0 Å². The van der Waals surface area contributed by atoms with E-state index in [1.807, 2.05) is 46.5 Å². The second-order valence-corrected chi connectivity index (χ2v) is 7.76. The van der Waals surface area contributed by atoms with Crippen molar-refractivity contribution in [2.24, 2.45) is 12.5 Å². The van der Waals surface area contributed by atoms with E-state index in [1.165, 1.54) is 0 Å². The largest absolute Gasteiger partial charge is 0.342 e. The van der Waals surface area contributed by atoms with Gasteiger partial charge in [-0.2, -0.15) is 0 Å². The number of hydrogen-bond acceptors (Lipinski definition) is 3. The Morgan fingerprint density at radius 3 is 2.73 bits per heavy atom. The van der Waals surface area contributed by atoms with Crippen LogP contribution in [0.15, 0.2) is 24.5 Å². The number of imidazole rings is 1. The summed E-state index contributed by atoms with van der Waals surface area (Å²) in [6.07, 6.45) is 5.35. The summed E-state index contributed by atoms with van der Waals surface area (Å²) in [4.78, 5) is 33.2. The fraction of sp³-hybridized carbons (Fsp3) is 0.550. The average Bonchev–Trinajstić information content (AvgIpc) is 3.04. The molecular formula is C20H26N4O2. The highest BCUT2D eigenvalue weighted by atomic mass is 16.2. The van der Waals surface area contributed by atoms with Gasteiger partial charge in [0.15, 0.2) is 0 Å². The molecule has 3 heterocycles. The van der Waals surface area contributed by atoms with E-state index >= 15 is 0 Å². The summed E-state index contributed by atoms with van der Waals surface area (Å²) < 4.78 is 1.96. The first-order valence-electron chi connectivity index (χ1n) is 9.49. The van der Waals surface area contributed by atoms with Gasteiger partial charge in [-0.05, 0) is 49.8 Å². The Morgan fingerprint density at radius 1 is 1.23 bits per heavy atom. The molecule has 138 valence electrons. The number of hydrogen-bond donors (Lipinski definition) is 0. The molecule has 0 aliphatic carbocycles. The number of nitrogens with zero attached hydrogens (tertiary/aromatic N) is 4. The second kappa shape index (κ2) is 6.41. The van der Waals surface area contributed by atoms with E-state index in [0.29, 0.717) is 12.0 Å². The molecule has 2 aromatic rings. The summed E-state index contributed by atoms with van der Waals surface area (Å²) in [5, 5.41) is 0. The van der Waals surface area contributed by atoms with Crippen LogP contribution in [0.5, 0.6) is 0 Å². The molecule has 2 aliphatic heterocycles. The van der Waals surface area contributed by atoms with Gasteiger partial charge in [-0.3, -0.25) is 9.59 Å². The quantitative estimate of drug-likeness (QED) is 0.832. The number of piperidine rings is 2. The standard InChI is InChI=1S/C20H26N4O2/c1-3-23-13-20(7-6-18(23)25)8-10-24(11-9-20)19(26)15-4-5-17-16(12-15)21-14-22(17)2/h4-5,12,14H,3,6-11,13H2,1-2H3. The van der Waals surface area contributed by atoms with Gasteiger partial charge in [-0.25, -0.2) is 4.98 Å². The zero-order valence-corrected chi connectivity index (χ0v) is 15.6. The fourth-order valence-electron chi connectivity index (χ4n) is 4.43. The number of carbonyl (C=O) groups is 2. The van der Waals surface area contributed by atoms with Crippen LogP contribution in [-0.2, 0) is 11.8 Å². The molecule has 2 amide bonds. The van der Waals surface area contributed by atoms with E-state index in [2.05, 4.69) is 4.98 Å². The summed E-state index contributed by atoms with van der Waals surface area (Å²) in [7, 11) is 1.95. The number of aryl methyl sites for hydroxylation is 1. The summed E-state index contributed by atoms with van der Waals surface area (Å²) in [6.45, 7) is 5.22. The lowest BCUT2D eigenvalue weighted by atomic mass is 9.72. The average molecular weight is 354 g/mol. The van der Waals surface area contributed by atoms with Crippen LogP contribution in [0.1, 0.15) is 43.0 Å². The van der Waals surface area contributed by atoms with Gasteiger partial charge in [0.1, 0.15) is 0 Å². The number of rotatable bonds is 2. The fourth-order valence-corrected chi connectivity index (χ4v) is 4.43. The van der Waals surface area contributed by atoms with Crippen molar-refractivity contribution in [1.82, 2.24) is 19.4 Å². The van der Waals surface area contributed by atoms with Gasteiger partial charge >= 0.3 is 0 Å². The Hall–Kier alpha value is -2.37. The van der Waals surface area contributed by atoms with E-state index in [-0.39, 0.29) is 17.2 Å². The van der Waals surface area contributed by atoms with Gasteiger partial charge in [0.05, 0.1) is 17.4 Å². The normalized spacial score (nSPS) is 20.2. The molecule has 0 unspecified atom stereocenters. The molecule has 0 bridgehead atoms. The van der Waals surface area contributed by atoms with Gasteiger partial charge < -0.3 is 14.4 Å². The zero-order chi connectivity index (χ0) is 18.3. The highest BCUT2D eigenvalue weighted by Crippen LogP contribution is 2.40. The lowest BCUT2D eigenvalue weighted by Gasteiger charge is -2.47. The van der Waals surface area contributed by atoms with Crippen LogP contribution in [0.4, 0.5) is 0 Å². The van der Waals surface area contributed by atoms with Gasteiger partial charge in [-0.1, -0.05) is 0 Å². The van der Waals surface area contributed by atoms with Crippen molar-refractivity contribution in [2.45, 2.75) is 32.6 Å². The highest BCUT2D eigenvalue weighted by Gasteiger charge is 2.41. The molecule has 0 atom stereocenters. The monoisotopic (exact) mass is 354 g/mol. The lowest BCUT2D eigenvalue weighted by Crippen LogP contribution is -2.52. The van der Waals surface area contributed by atoms with Crippen molar-refractivity contribution in [2.75, 3.05) is 26.2 Å². The number of aromatic nitrogens is 2. The van der Waals surface area contributed by atoms with Crippen LogP contribution >= 0.6 is 0 Å². The van der Waals surface area contributed by atoms with Crippen molar-refractivity contribution < 1.29 is 9.59 Å². The molecule has 0 saturated carbocycles. The van der Waals surface area contributed by atoms with E-state index < -0.39 is 0 Å². The Morgan fingerprint density at radius 2 is 2.00 bits per heavy atom. The first-order valence-corrected chi connectivity index (χ1v) is 9.49. The zero-order valence-electron chi connectivity index (χ0n) is 15.6. The van der Waals surface area contributed by atoms with Crippen LogP contribution in [0.3, 0.4) is 0 Å². The van der Waals surface area contributed by atoms with E-state index in [9.17, 15) is 9.59 Å². The Balaban J connectivity index is 1.45. The molecule has 2 saturated heterocycles. The molecule has 26 heavy (non-hydrogen) atoms. The predicted molar refractivity (Wildman–Crippen MR) is 99.8 cm³/mol. The summed E-state index contributed by atoms with van der Waals surface area (Å²) in [6, 6.07) is 5.75. The Labute approximate surface area is 153 Å². The molecule has 2 fully saturated rings. The summed E-state index contributed by atoms with van der Waals surface area (Å²) in [5.74, 6) is 0.368. The third-order valence-corrected chi connectivity index (χ3v) is 6.21. The molecule has 6 heteroatoms. The van der Waals surface area contributed by atoms with Crippen LogP contribution in [0.25, 0.3) is 11.0 Å². The minimum absolute atomic E-state index is 0.0895. The lowest BCUT2D eigenvalue weighted by molar-refractivity contribution is -0.138. The number of likely N-dealkylation sites (tertiary alicyclic amines) is 2. The molecule has 1 spiro atoms. The van der Waals surface area contributed by atoms with E-state index in [4.69, 9.17) is 0 Å². The number of benzene rings is 1. The number of carbonyl (C=O) groups excluding carboxylic acids is 2. The maximum absolute atomic E-state index is 12.9. The third kappa shape index (κ3) is 2.87. The van der Waals surface area contributed by atoms with Crippen molar-refractivity contribution in [1.29, 1.82) is 0 Å². The highest BCUT2D eigenvalue weighted by molar-refractivity contribution is 5.97. The van der Waals surface area contributed by atoms with Crippen LogP contribution in [-0.4, -0.2) is 57.3 Å².